The van der Waals surface area contributed by atoms with Crippen LogP contribution in [0.2, 0.25) is 5.02 Å². The average Bonchev–Trinajstić information content (AvgIpc) is 3.35. The molecule has 0 radical (unpaired) electrons. The van der Waals surface area contributed by atoms with Gasteiger partial charge in [-0.15, -0.1) is 16.4 Å². The van der Waals surface area contributed by atoms with Crippen molar-refractivity contribution in [1.29, 1.82) is 0 Å². The first kappa shape index (κ1) is 18.7. The molecule has 0 saturated carbocycles. The van der Waals surface area contributed by atoms with E-state index < -0.39 is 0 Å². The average molecular weight is 430 g/mol. The summed E-state index contributed by atoms with van der Waals surface area (Å²) in [6.45, 7) is 0. The fourth-order valence-electron chi connectivity index (χ4n) is 3.54. The number of aromatic nitrogens is 1. The number of carbonyl (C=O) groups excluding carboxylic acids is 1. The summed E-state index contributed by atoms with van der Waals surface area (Å²) in [6.07, 6.45) is 0.281. The first-order valence-electron chi connectivity index (χ1n) is 9.46. The second-order valence-electron chi connectivity index (χ2n) is 6.87. The number of para-hydroxylation sites is 1. The molecule has 6 heteroatoms. The van der Waals surface area contributed by atoms with Crippen molar-refractivity contribution in [2.45, 2.75) is 6.42 Å². The quantitative estimate of drug-likeness (QED) is 0.382. The van der Waals surface area contributed by atoms with Gasteiger partial charge in [0.25, 0.3) is 0 Å². The minimum Gasteiger partial charge on any atom is -0.294 e. The van der Waals surface area contributed by atoms with E-state index in [1.807, 2.05) is 78.9 Å². The molecule has 4 nitrogen and oxygen atoms in total. The second kappa shape index (κ2) is 7.86. The van der Waals surface area contributed by atoms with Crippen molar-refractivity contribution >= 4 is 34.4 Å². The number of rotatable bonds is 3. The van der Waals surface area contributed by atoms with Gasteiger partial charge in [0, 0.05) is 27.2 Å². The highest BCUT2D eigenvalue weighted by molar-refractivity contribution is 7.07. The molecule has 0 fully saturated rings. The van der Waals surface area contributed by atoms with Gasteiger partial charge in [0.15, 0.2) is 5.78 Å². The number of benzene rings is 3. The van der Waals surface area contributed by atoms with Crippen molar-refractivity contribution in [2.75, 3.05) is 0 Å². The smallest absolute Gasteiger partial charge is 0.215 e. The Bertz CT molecular complexity index is 1330. The summed E-state index contributed by atoms with van der Waals surface area (Å²) < 4.78 is 2.07. The number of halogens is 1. The van der Waals surface area contributed by atoms with Crippen LogP contribution in [-0.4, -0.2) is 16.1 Å². The van der Waals surface area contributed by atoms with E-state index in [-0.39, 0.29) is 12.2 Å². The molecule has 4 aromatic rings. The van der Waals surface area contributed by atoms with Crippen LogP contribution in [0.25, 0.3) is 16.9 Å². The number of Topliss-reactive ketones (excluding diaryl/α,β-unsaturated/α-hetero) is 1. The van der Waals surface area contributed by atoms with Crippen LogP contribution in [0.1, 0.15) is 22.3 Å². The van der Waals surface area contributed by atoms with E-state index in [2.05, 4.69) is 20.1 Å². The Morgan fingerprint density at radius 1 is 0.833 bits per heavy atom. The van der Waals surface area contributed by atoms with Gasteiger partial charge in [-0.05, 0) is 29.8 Å². The lowest BCUT2D eigenvalue weighted by atomic mass is 10.1. The Hall–Kier alpha value is -3.28. The van der Waals surface area contributed by atoms with Gasteiger partial charge in [0.2, 0.25) is 4.80 Å². The molecule has 5 rings (SSSR count). The fraction of sp³-hybridized carbons (Fsp3) is 0.0417. The molecular weight excluding hydrogens is 414 g/mol. The Balaban J connectivity index is 1.66. The van der Waals surface area contributed by atoms with Crippen LogP contribution in [-0.2, 0) is 0 Å². The van der Waals surface area contributed by atoms with Crippen LogP contribution in [0.5, 0.6) is 0 Å². The number of fused-ring (bicyclic) bond motifs is 1. The van der Waals surface area contributed by atoms with E-state index in [1.165, 1.54) is 11.3 Å². The van der Waals surface area contributed by atoms with Crippen LogP contribution >= 0.6 is 22.9 Å². The highest BCUT2D eigenvalue weighted by atomic mass is 35.5. The first-order chi connectivity index (χ1) is 14.7. The maximum Gasteiger partial charge on any atom is 0.215 e. The monoisotopic (exact) mass is 429 g/mol. The third kappa shape index (κ3) is 3.43. The molecule has 1 heterocycles. The fourth-order valence-corrected chi connectivity index (χ4v) is 4.52. The highest BCUT2D eigenvalue weighted by Crippen LogP contribution is 2.25. The molecule has 0 aliphatic heterocycles. The molecule has 1 aliphatic carbocycles. The van der Waals surface area contributed by atoms with Gasteiger partial charge in [-0.25, -0.2) is 0 Å². The molecule has 3 aromatic carbocycles. The molecule has 0 unspecified atom stereocenters. The molecule has 0 bridgehead atoms. The minimum atomic E-state index is 0.0866. The largest absolute Gasteiger partial charge is 0.294 e. The van der Waals surface area contributed by atoms with Gasteiger partial charge in [-0.2, -0.15) is 5.10 Å². The summed E-state index contributed by atoms with van der Waals surface area (Å²) >= 11 is 7.58. The molecule has 30 heavy (non-hydrogen) atoms. The summed E-state index contributed by atoms with van der Waals surface area (Å²) in [5, 5.41) is 11.8. The van der Waals surface area contributed by atoms with Crippen molar-refractivity contribution < 1.29 is 4.79 Å². The number of nitrogens with zero attached hydrogens (tertiary/aromatic N) is 3. The topological polar surface area (TPSA) is 46.7 Å². The van der Waals surface area contributed by atoms with Gasteiger partial charge < -0.3 is 0 Å². The van der Waals surface area contributed by atoms with Crippen LogP contribution in [0.3, 0.4) is 0 Å². The third-order valence-electron chi connectivity index (χ3n) is 4.99. The zero-order chi connectivity index (χ0) is 20.5. The summed E-state index contributed by atoms with van der Waals surface area (Å²) in [5.74, 6) is 0.0866. The van der Waals surface area contributed by atoms with E-state index in [4.69, 9.17) is 11.6 Å². The number of hydrogen-bond acceptors (Lipinski definition) is 4. The van der Waals surface area contributed by atoms with Crippen LogP contribution in [0.15, 0.2) is 94.4 Å². The van der Waals surface area contributed by atoms with E-state index in [1.54, 1.807) is 0 Å². The van der Waals surface area contributed by atoms with Crippen molar-refractivity contribution in [3.05, 3.63) is 105 Å². The van der Waals surface area contributed by atoms with Gasteiger partial charge >= 0.3 is 0 Å². The number of hydrogen-bond donors (Lipinski definition) is 0. The maximum absolute atomic E-state index is 12.3. The molecule has 1 aliphatic rings. The molecule has 0 N–H and O–H groups in total. The maximum atomic E-state index is 12.3. The van der Waals surface area contributed by atoms with Crippen molar-refractivity contribution in [2.24, 2.45) is 10.2 Å². The standard InChI is InChI=1S/C24H16ClN3OS/c25-17-12-10-16(11-13-17)22-15-30-24(28(22)18-6-2-1-3-7-18)27-26-21-14-23(29)20-9-5-4-8-19(20)21/h1-13,15H,14H2. The Labute approximate surface area is 182 Å². The molecule has 0 spiro atoms. The third-order valence-corrected chi connectivity index (χ3v) is 6.05. The Kier molecular flexibility index (Phi) is 4.91. The van der Waals surface area contributed by atoms with Crippen LogP contribution in [0.4, 0.5) is 0 Å². The summed E-state index contributed by atoms with van der Waals surface area (Å²) in [5.41, 5.74) is 5.32. The van der Waals surface area contributed by atoms with Gasteiger partial charge in [0.05, 0.1) is 17.8 Å². The molecule has 0 amide bonds. The van der Waals surface area contributed by atoms with Crippen molar-refractivity contribution in [3.8, 4) is 16.9 Å². The van der Waals surface area contributed by atoms with E-state index in [9.17, 15) is 4.79 Å². The zero-order valence-corrected chi connectivity index (χ0v) is 17.4. The Morgan fingerprint density at radius 3 is 2.30 bits per heavy atom. The summed E-state index contributed by atoms with van der Waals surface area (Å²) in [4.78, 5) is 13.0. The molecule has 0 saturated heterocycles. The minimum absolute atomic E-state index is 0.0866. The first-order valence-corrected chi connectivity index (χ1v) is 10.7. The molecular formula is C24H16ClN3OS. The lowest BCUT2D eigenvalue weighted by Crippen LogP contribution is -2.13. The lowest BCUT2D eigenvalue weighted by molar-refractivity contribution is 0.101. The number of ketones is 1. The van der Waals surface area contributed by atoms with E-state index in [0.717, 1.165) is 32.9 Å². The Morgan fingerprint density at radius 2 is 1.53 bits per heavy atom. The lowest BCUT2D eigenvalue weighted by Gasteiger charge is -2.09. The summed E-state index contributed by atoms with van der Waals surface area (Å²) in [6, 6.07) is 25.3. The van der Waals surface area contributed by atoms with Crippen molar-refractivity contribution in [1.82, 2.24) is 4.57 Å². The normalized spacial score (nSPS) is 15.0. The molecule has 1 aromatic heterocycles. The highest BCUT2D eigenvalue weighted by Gasteiger charge is 2.25. The summed E-state index contributed by atoms with van der Waals surface area (Å²) in [7, 11) is 0. The molecule has 146 valence electrons. The van der Waals surface area contributed by atoms with Gasteiger partial charge in [-0.1, -0.05) is 66.2 Å². The van der Waals surface area contributed by atoms with Crippen LogP contribution < -0.4 is 4.80 Å². The predicted octanol–water partition coefficient (Wildman–Crippen LogP) is 5.75. The number of thiazole rings is 1. The zero-order valence-electron chi connectivity index (χ0n) is 15.8. The predicted molar refractivity (Wildman–Crippen MR) is 122 cm³/mol. The number of carbonyl (C=O) groups is 1. The van der Waals surface area contributed by atoms with E-state index >= 15 is 0 Å². The van der Waals surface area contributed by atoms with Crippen molar-refractivity contribution in [3.63, 3.8) is 0 Å². The van der Waals surface area contributed by atoms with E-state index in [0.29, 0.717) is 10.7 Å². The molecule has 0 atom stereocenters. The second-order valence-corrected chi connectivity index (χ2v) is 8.15. The van der Waals surface area contributed by atoms with Gasteiger partial charge in [0.1, 0.15) is 0 Å². The van der Waals surface area contributed by atoms with Gasteiger partial charge in [-0.3, -0.25) is 9.36 Å². The van der Waals surface area contributed by atoms with Crippen LogP contribution in [0, 0.1) is 0 Å². The SMILES string of the molecule is O=C1CC(=NN=c2scc(-c3ccc(Cl)cc3)n2-c2ccccc2)c2ccccc21.